The zero-order chi connectivity index (χ0) is 19.8. The molecule has 0 aliphatic heterocycles. The van der Waals surface area contributed by atoms with Crippen molar-refractivity contribution in [3.8, 4) is 17.6 Å². The number of methoxy groups -OCH3 is 1. The smallest absolute Gasteiger partial charge is 0.262 e. The Morgan fingerprint density at radius 3 is 2.70 bits per heavy atom. The van der Waals surface area contributed by atoms with E-state index >= 15 is 0 Å². The van der Waals surface area contributed by atoms with Crippen LogP contribution in [0.15, 0.2) is 23.8 Å². The van der Waals surface area contributed by atoms with Crippen molar-refractivity contribution in [2.45, 2.75) is 52.5 Å². The molecule has 1 fully saturated rings. The van der Waals surface area contributed by atoms with Gasteiger partial charge in [-0.1, -0.05) is 39.7 Å². The summed E-state index contributed by atoms with van der Waals surface area (Å²) in [7, 11) is 1.59. The maximum absolute atomic E-state index is 12.6. The minimum Gasteiger partial charge on any atom is -0.493 e. The monoisotopic (exact) mass is 370 g/mol. The number of ether oxygens (including phenoxy) is 2. The van der Waals surface area contributed by atoms with Crippen LogP contribution in [-0.4, -0.2) is 25.7 Å². The Balaban J connectivity index is 2.16. The number of benzene rings is 1. The topological polar surface area (TPSA) is 71.3 Å². The molecule has 0 aromatic heterocycles. The minimum absolute atomic E-state index is 0.104. The summed E-state index contributed by atoms with van der Waals surface area (Å²) in [4.78, 5) is 12.6. The summed E-state index contributed by atoms with van der Waals surface area (Å²) in [5.74, 6) is 1.76. The minimum atomic E-state index is -0.309. The van der Waals surface area contributed by atoms with E-state index in [1.807, 2.05) is 12.1 Å². The van der Waals surface area contributed by atoms with Gasteiger partial charge in [-0.05, 0) is 48.4 Å². The Kier molecular flexibility index (Phi) is 7.72. The predicted molar refractivity (Wildman–Crippen MR) is 106 cm³/mol. The van der Waals surface area contributed by atoms with Crippen molar-refractivity contribution in [1.82, 2.24) is 5.32 Å². The molecule has 2 atom stereocenters. The molecule has 27 heavy (non-hydrogen) atoms. The number of nitrogens with zero attached hydrogens (tertiary/aromatic N) is 1. The molecule has 0 bridgehead atoms. The van der Waals surface area contributed by atoms with Gasteiger partial charge >= 0.3 is 0 Å². The SMILES string of the molecule is COc1ccc(/C=C(\C#N)C(=O)N[C@@H]2CCCC[C@H]2C)cc1OCC(C)C. The second kappa shape index (κ2) is 10.0. The Morgan fingerprint density at radius 2 is 2.07 bits per heavy atom. The lowest BCUT2D eigenvalue weighted by molar-refractivity contribution is -0.118. The number of carbonyl (C=O) groups is 1. The van der Waals surface area contributed by atoms with E-state index in [4.69, 9.17) is 9.47 Å². The van der Waals surface area contributed by atoms with E-state index in [9.17, 15) is 10.1 Å². The zero-order valence-corrected chi connectivity index (χ0v) is 16.7. The molecule has 1 N–H and O–H groups in total. The van der Waals surface area contributed by atoms with Crippen molar-refractivity contribution in [2.24, 2.45) is 11.8 Å². The van der Waals surface area contributed by atoms with Crippen LogP contribution < -0.4 is 14.8 Å². The number of amides is 1. The number of carbonyl (C=O) groups excluding carboxylic acids is 1. The summed E-state index contributed by atoms with van der Waals surface area (Å²) in [6, 6.07) is 7.58. The molecule has 0 spiro atoms. The highest BCUT2D eigenvalue weighted by atomic mass is 16.5. The number of hydrogen-bond acceptors (Lipinski definition) is 4. The molecule has 1 aliphatic rings. The average Bonchev–Trinajstić information content (AvgIpc) is 2.66. The standard InChI is InChI=1S/C22H30N2O3/c1-15(2)14-27-21-12-17(9-10-20(21)26-4)11-18(13-23)22(25)24-19-8-6-5-7-16(19)3/h9-12,15-16,19H,5-8,14H2,1-4H3,(H,24,25)/b18-11+/t16-,19-/m1/s1. The van der Waals surface area contributed by atoms with Gasteiger partial charge in [0.05, 0.1) is 13.7 Å². The molecule has 146 valence electrons. The largest absolute Gasteiger partial charge is 0.493 e. The molecular formula is C22H30N2O3. The Morgan fingerprint density at radius 1 is 1.33 bits per heavy atom. The molecule has 5 nitrogen and oxygen atoms in total. The first-order valence-corrected chi connectivity index (χ1v) is 9.68. The van der Waals surface area contributed by atoms with E-state index in [0.29, 0.717) is 29.9 Å². The van der Waals surface area contributed by atoms with Crippen molar-refractivity contribution in [3.05, 3.63) is 29.3 Å². The molecule has 1 saturated carbocycles. The molecule has 0 heterocycles. The van der Waals surface area contributed by atoms with Crippen LogP contribution in [0.1, 0.15) is 52.0 Å². The first-order valence-electron chi connectivity index (χ1n) is 9.68. The van der Waals surface area contributed by atoms with Crippen LogP contribution in [0.2, 0.25) is 0 Å². The average molecular weight is 370 g/mol. The van der Waals surface area contributed by atoms with Gasteiger partial charge in [-0.25, -0.2) is 0 Å². The molecule has 1 amide bonds. The van der Waals surface area contributed by atoms with Crippen molar-refractivity contribution in [1.29, 1.82) is 5.26 Å². The second-order valence-corrected chi connectivity index (χ2v) is 7.63. The summed E-state index contributed by atoms with van der Waals surface area (Å²) in [6.07, 6.45) is 6.02. The molecule has 2 rings (SSSR count). The molecule has 0 radical (unpaired) electrons. The van der Waals surface area contributed by atoms with Crippen LogP contribution in [-0.2, 0) is 4.79 Å². The fraction of sp³-hybridized carbons (Fsp3) is 0.545. The molecule has 0 unspecified atom stereocenters. The molecule has 1 aromatic rings. The van der Waals surface area contributed by atoms with Crippen molar-refractivity contribution < 1.29 is 14.3 Å². The van der Waals surface area contributed by atoms with Crippen molar-refractivity contribution in [3.63, 3.8) is 0 Å². The van der Waals surface area contributed by atoms with Gasteiger partial charge in [0.2, 0.25) is 0 Å². The van der Waals surface area contributed by atoms with E-state index in [1.54, 1.807) is 25.3 Å². The third-order valence-electron chi connectivity index (χ3n) is 4.86. The summed E-state index contributed by atoms with van der Waals surface area (Å²) in [5, 5.41) is 12.5. The highest BCUT2D eigenvalue weighted by Gasteiger charge is 2.24. The normalized spacial score (nSPS) is 20.1. The molecule has 5 heteroatoms. The number of hydrogen-bond donors (Lipinski definition) is 1. The van der Waals surface area contributed by atoms with Gasteiger partial charge in [0, 0.05) is 6.04 Å². The van der Waals surface area contributed by atoms with E-state index < -0.39 is 0 Å². The van der Waals surface area contributed by atoms with Crippen molar-refractivity contribution >= 4 is 12.0 Å². The molecule has 1 aliphatic carbocycles. The van der Waals surface area contributed by atoms with Crippen LogP contribution in [0.5, 0.6) is 11.5 Å². The second-order valence-electron chi connectivity index (χ2n) is 7.63. The maximum atomic E-state index is 12.6. The van der Waals surface area contributed by atoms with E-state index in [2.05, 4.69) is 26.1 Å². The highest BCUT2D eigenvalue weighted by molar-refractivity contribution is 6.01. The first kappa shape index (κ1) is 20.8. The highest BCUT2D eigenvalue weighted by Crippen LogP contribution is 2.29. The number of rotatable bonds is 7. The van der Waals surface area contributed by atoms with Crippen LogP contribution >= 0.6 is 0 Å². The van der Waals surface area contributed by atoms with E-state index in [-0.39, 0.29) is 17.5 Å². The van der Waals surface area contributed by atoms with Gasteiger partial charge in [-0.15, -0.1) is 0 Å². The van der Waals surface area contributed by atoms with Crippen LogP contribution in [0.4, 0.5) is 0 Å². The van der Waals surface area contributed by atoms with Gasteiger partial charge < -0.3 is 14.8 Å². The molecule has 0 saturated heterocycles. The fourth-order valence-electron chi connectivity index (χ4n) is 3.24. The first-order chi connectivity index (χ1) is 12.9. The van der Waals surface area contributed by atoms with Crippen molar-refractivity contribution in [2.75, 3.05) is 13.7 Å². The summed E-state index contributed by atoms with van der Waals surface area (Å²) < 4.78 is 11.1. The number of nitriles is 1. The van der Waals surface area contributed by atoms with E-state index in [1.165, 1.54) is 6.42 Å². The Labute approximate surface area is 162 Å². The zero-order valence-electron chi connectivity index (χ0n) is 16.7. The van der Waals surface area contributed by atoms with Gasteiger partial charge in [0.25, 0.3) is 5.91 Å². The van der Waals surface area contributed by atoms with Gasteiger partial charge in [0.15, 0.2) is 11.5 Å². The predicted octanol–water partition coefficient (Wildman–Crippen LogP) is 4.33. The Hall–Kier alpha value is -2.48. The summed E-state index contributed by atoms with van der Waals surface area (Å²) in [5.41, 5.74) is 0.839. The molecular weight excluding hydrogens is 340 g/mol. The van der Waals surface area contributed by atoms with Crippen LogP contribution in [0, 0.1) is 23.2 Å². The number of nitrogens with one attached hydrogen (secondary N) is 1. The third-order valence-corrected chi connectivity index (χ3v) is 4.86. The quantitative estimate of drug-likeness (QED) is 0.573. The van der Waals surface area contributed by atoms with Gasteiger partial charge in [-0.2, -0.15) is 5.26 Å². The van der Waals surface area contributed by atoms with E-state index in [0.717, 1.165) is 24.8 Å². The third kappa shape index (κ3) is 6.02. The lowest BCUT2D eigenvalue weighted by Crippen LogP contribution is -2.41. The summed E-state index contributed by atoms with van der Waals surface area (Å²) >= 11 is 0. The Bertz CT molecular complexity index is 719. The van der Waals surface area contributed by atoms with Gasteiger partial charge in [-0.3, -0.25) is 4.79 Å². The lowest BCUT2D eigenvalue weighted by atomic mass is 9.86. The molecule has 1 aromatic carbocycles. The maximum Gasteiger partial charge on any atom is 0.262 e. The lowest BCUT2D eigenvalue weighted by Gasteiger charge is -2.29. The van der Waals surface area contributed by atoms with Gasteiger partial charge in [0.1, 0.15) is 11.6 Å². The fourth-order valence-corrected chi connectivity index (χ4v) is 3.24. The van der Waals surface area contributed by atoms with Crippen LogP contribution in [0.3, 0.4) is 0 Å². The summed E-state index contributed by atoms with van der Waals surface area (Å²) in [6.45, 7) is 6.86. The van der Waals surface area contributed by atoms with Crippen LogP contribution in [0.25, 0.3) is 6.08 Å².